The first-order chi connectivity index (χ1) is 13.9. The molecule has 1 atom stereocenters. The fourth-order valence-electron chi connectivity index (χ4n) is 4.07. The zero-order valence-corrected chi connectivity index (χ0v) is 18.4. The molecule has 29 heavy (non-hydrogen) atoms. The van der Waals surface area contributed by atoms with Gasteiger partial charge in [0.1, 0.15) is 5.01 Å². The highest BCUT2D eigenvalue weighted by Gasteiger charge is 2.29. The van der Waals surface area contributed by atoms with Gasteiger partial charge in [0.15, 0.2) is 0 Å². The average Bonchev–Trinajstić information content (AvgIpc) is 3.38. The smallest absolute Gasteiger partial charge is 0.257 e. The lowest BCUT2D eigenvalue weighted by atomic mass is 9.92. The standard InChI is InChI=1S/C21H31N5O2S/c1-21(2,3)17-14-29-18(23-17)13-25-6-4-5-15(12-25)19-16(11-22-24-19)20(27)26-7-9-28-10-8-26/h11,14-15H,4-10,12-13H2,1-3H3,(H,22,24)/t15-/m0/s1. The lowest BCUT2D eigenvalue weighted by Crippen LogP contribution is -2.41. The van der Waals surface area contributed by atoms with Crippen molar-refractivity contribution in [3.8, 4) is 0 Å². The summed E-state index contributed by atoms with van der Waals surface area (Å²) in [5, 5.41) is 10.7. The molecule has 0 aromatic carbocycles. The molecule has 2 aliphatic heterocycles. The number of hydrogen-bond acceptors (Lipinski definition) is 6. The Morgan fingerprint density at radius 1 is 1.31 bits per heavy atom. The average molecular weight is 418 g/mol. The van der Waals surface area contributed by atoms with Crippen molar-refractivity contribution in [3.63, 3.8) is 0 Å². The van der Waals surface area contributed by atoms with Crippen LogP contribution in [-0.2, 0) is 16.7 Å². The van der Waals surface area contributed by atoms with Crippen LogP contribution in [0.3, 0.4) is 0 Å². The summed E-state index contributed by atoms with van der Waals surface area (Å²) in [5.74, 6) is 0.372. The first-order valence-corrected chi connectivity index (χ1v) is 11.4. The molecule has 0 radical (unpaired) electrons. The summed E-state index contributed by atoms with van der Waals surface area (Å²) >= 11 is 1.75. The van der Waals surface area contributed by atoms with Crippen LogP contribution in [0.25, 0.3) is 0 Å². The number of nitrogens with one attached hydrogen (secondary N) is 1. The molecule has 0 saturated carbocycles. The number of carbonyl (C=O) groups is 1. The number of hydrogen-bond donors (Lipinski definition) is 1. The number of aromatic amines is 1. The molecular weight excluding hydrogens is 386 g/mol. The first-order valence-electron chi connectivity index (χ1n) is 10.5. The van der Waals surface area contributed by atoms with Crippen molar-refractivity contribution in [1.82, 2.24) is 25.0 Å². The van der Waals surface area contributed by atoms with Gasteiger partial charge < -0.3 is 9.64 Å². The lowest BCUT2D eigenvalue weighted by molar-refractivity contribution is 0.0301. The van der Waals surface area contributed by atoms with E-state index in [0.29, 0.717) is 32.2 Å². The second-order valence-corrected chi connectivity index (χ2v) is 10.00. The van der Waals surface area contributed by atoms with Crippen molar-refractivity contribution in [2.45, 2.75) is 51.5 Å². The Morgan fingerprint density at radius 3 is 2.83 bits per heavy atom. The van der Waals surface area contributed by atoms with Crippen LogP contribution in [0.5, 0.6) is 0 Å². The van der Waals surface area contributed by atoms with Crippen molar-refractivity contribution in [3.05, 3.63) is 33.5 Å². The van der Waals surface area contributed by atoms with E-state index in [-0.39, 0.29) is 11.3 Å². The summed E-state index contributed by atoms with van der Waals surface area (Å²) in [7, 11) is 0. The SMILES string of the molecule is CC(C)(C)c1csc(CN2CCC[C@H](c3[nH]ncc3C(=O)N3CCOCC3)C2)n1. The number of amides is 1. The topological polar surface area (TPSA) is 74.4 Å². The number of nitrogens with zero attached hydrogens (tertiary/aromatic N) is 4. The Balaban J connectivity index is 1.43. The van der Waals surface area contributed by atoms with Crippen molar-refractivity contribution >= 4 is 17.2 Å². The third-order valence-corrected chi connectivity index (χ3v) is 6.62. The molecule has 0 unspecified atom stereocenters. The van der Waals surface area contributed by atoms with Crippen LogP contribution < -0.4 is 0 Å². The molecule has 2 fully saturated rings. The van der Waals surface area contributed by atoms with E-state index in [1.807, 2.05) is 4.90 Å². The number of aromatic nitrogens is 3. The van der Waals surface area contributed by atoms with Gasteiger partial charge in [-0.3, -0.25) is 14.8 Å². The zero-order valence-electron chi connectivity index (χ0n) is 17.6. The summed E-state index contributed by atoms with van der Waals surface area (Å²) in [5.41, 5.74) is 2.96. The first kappa shape index (κ1) is 20.5. The lowest BCUT2D eigenvalue weighted by Gasteiger charge is -2.32. The predicted molar refractivity (Wildman–Crippen MR) is 113 cm³/mol. The number of thiazole rings is 1. The highest BCUT2D eigenvalue weighted by Crippen LogP contribution is 2.30. The Morgan fingerprint density at radius 2 is 2.10 bits per heavy atom. The molecule has 2 aromatic heterocycles. The van der Waals surface area contributed by atoms with E-state index in [1.165, 1.54) is 5.01 Å². The Bertz CT molecular complexity index is 834. The van der Waals surface area contributed by atoms with Gasteiger partial charge in [0.25, 0.3) is 5.91 Å². The fourth-order valence-corrected chi connectivity index (χ4v) is 5.13. The second-order valence-electron chi connectivity index (χ2n) is 9.05. The third kappa shape index (κ3) is 4.70. The Labute approximate surface area is 176 Å². The van der Waals surface area contributed by atoms with Crippen LogP contribution in [0.15, 0.2) is 11.6 Å². The van der Waals surface area contributed by atoms with Crippen LogP contribution in [0.4, 0.5) is 0 Å². The summed E-state index contributed by atoms with van der Waals surface area (Å²) in [6.45, 7) is 12.0. The Kier molecular flexibility index (Phi) is 6.03. The number of carbonyl (C=O) groups excluding carboxylic acids is 1. The van der Waals surface area contributed by atoms with Gasteiger partial charge in [-0.25, -0.2) is 4.98 Å². The largest absolute Gasteiger partial charge is 0.378 e. The monoisotopic (exact) mass is 417 g/mol. The molecular formula is C21H31N5O2S. The van der Waals surface area contributed by atoms with Crippen LogP contribution >= 0.6 is 11.3 Å². The van der Waals surface area contributed by atoms with E-state index in [1.54, 1.807) is 17.5 Å². The van der Waals surface area contributed by atoms with Crippen LogP contribution in [0.2, 0.25) is 0 Å². The van der Waals surface area contributed by atoms with E-state index in [9.17, 15) is 4.79 Å². The molecule has 158 valence electrons. The number of ether oxygens (including phenoxy) is 1. The van der Waals surface area contributed by atoms with Gasteiger partial charge in [-0.05, 0) is 19.4 Å². The van der Waals surface area contributed by atoms with Gasteiger partial charge >= 0.3 is 0 Å². The van der Waals surface area contributed by atoms with Gasteiger partial charge in [0, 0.05) is 36.3 Å². The molecule has 2 aromatic rings. The summed E-state index contributed by atoms with van der Waals surface area (Å²) in [4.78, 5) is 22.2. The minimum Gasteiger partial charge on any atom is -0.378 e. The summed E-state index contributed by atoms with van der Waals surface area (Å²) < 4.78 is 5.38. The minimum absolute atomic E-state index is 0.0731. The Hall–Kier alpha value is -1.77. The maximum atomic E-state index is 13.0. The molecule has 7 nitrogen and oxygen atoms in total. The molecule has 1 amide bonds. The van der Waals surface area contributed by atoms with E-state index < -0.39 is 0 Å². The number of H-pyrrole nitrogens is 1. The third-order valence-electron chi connectivity index (χ3n) is 5.79. The number of rotatable bonds is 4. The molecule has 2 saturated heterocycles. The molecule has 8 heteroatoms. The van der Waals surface area contributed by atoms with Gasteiger partial charge in [-0.1, -0.05) is 20.8 Å². The molecule has 0 spiro atoms. The normalized spacial score (nSPS) is 21.5. The van der Waals surface area contributed by atoms with Gasteiger partial charge in [-0.15, -0.1) is 11.3 Å². The number of piperidine rings is 1. The molecule has 4 heterocycles. The maximum absolute atomic E-state index is 13.0. The molecule has 4 rings (SSSR count). The highest BCUT2D eigenvalue weighted by molar-refractivity contribution is 7.09. The molecule has 0 aliphatic carbocycles. The highest BCUT2D eigenvalue weighted by atomic mass is 32.1. The van der Waals surface area contributed by atoms with Crippen LogP contribution in [-0.4, -0.2) is 70.3 Å². The van der Waals surface area contributed by atoms with Crippen molar-refractivity contribution in [2.75, 3.05) is 39.4 Å². The molecule has 2 aliphatic rings. The van der Waals surface area contributed by atoms with E-state index in [2.05, 4.69) is 41.2 Å². The van der Waals surface area contributed by atoms with Crippen LogP contribution in [0, 0.1) is 0 Å². The molecule has 1 N–H and O–H groups in total. The van der Waals surface area contributed by atoms with E-state index in [0.717, 1.165) is 49.4 Å². The predicted octanol–water partition coefficient (Wildman–Crippen LogP) is 3.02. The van der Waals surface area contributed by atoms with Gasteiger partial charge in [0.2, 0.25) is 0 Å². The quantitative estimate of drug-likeness (QED) is 0.828. The summed E-state index contributed by atoms with van der Waals surface area (Å²) in [6.07, 6.45) is 3.89. The number of morpholine rings is 1. The number of likely N-dealkylation sites (tertiary alicyclic amines) is 1. The fraction of sp³-hybridized carbons (Fsp3) is 0.667. The zero-order chi connectivity index (χ0) is 20.4. The summed E-state index contributed by atoms with van der Waals surface area (Å²) in [6, 6.07) is 0. The minimum atomic E-state index is 0.0731. The van der Waals surface area contributed by atoms with Gasteiger partial charge in [-0.2, -0.15) is 5.10 Å². The maximum Gasteiger partial charge on any atom is 0.257 e. The van der Waals surface area contributed by atoms with Crippen molar-refractivity contribution < 1.29 is 9.53 Å². The van der Waals surface area contributed by atoms with Crippen LogP contribution in [0.1, 0.15) is 66.3 Å². The van der Waals surface area contributed by atoms with Crippen molar-refractivity contribution in [1.29, 1.82) is 0 Å². The van der Waals surface area contributed by atoms with E-state index in [4.69, 9.17) is 9.72 Å². The van der Waals surface area contributed by atoms with Gasteiger partial charge in [0.05, 0.1) is 42.9 Å². The molecule has 0 bridgehead atoms. The van der Waals surface area contributed by atoms with E-state index >= 15 is 0 Å². The van der Waals surface area contributed by atoms with Crippen molar-refractivity contribution in [2.24, 2.45) is 0 Å². The second kappa shape index (κ2) is 8.53.